The van der Waals surface area contributed by atoms with Gasteiger partial charge in [0.15, 0.2) is 0 Å². The number of anilines is 2. The molecule has 0 N–H and O–H groups in total. The fourth-order valence-corrected chi connectivity index (χ4v) is 11.4. The van der Waals surface area contributed by atoms with Gasteiger partial charge in [0.1, 0.15) is 0 Å². The van der Waals surface area contributed by atoms with Crippen molar-refractivity contribution in [2.75, 3.05) is 4.90 Å². The van der Waals surface area contributed by atoms with Gasteiger partial charge in [-0.1, -0.05) is 176 Å². The first-order chi connectivity index (χ1) is 36.1. The molecule has 0 spiro atoms. The van der Waals surface area contributed by atoms with E-state index in [0.717, 1.165) is 62.8 Å². The molecule has 9 aromatic carbocycles. The molecule has 0 bridgehead atoms. The fourth-order valence-electron chi connectivity index (χ4n) is 11.4. The molecule has 0 amide bonds. The second-order valence-corrected chi connectivity index (χ2v) is 18.8. The molecule has 3 aromatic heterocycles. The second kappa shape index (κ2) is 18.3. The lowest BCUT2D eigenvalue weighted by Crippen LogP contribution is -2.32. The van der Waals surface area contributed by atoms with E-state index >= 15 is 0 Å². The van der Waals surface area contributed by atoms with Crippen molar-refractivity contribution in [1.82, 2.24) is 14.1 Å². The fraction of sp³-hybridized carbons (Fsp3) is 0.0290. The molecule has 1 aliphatic rings. The predicted molar refractivity (Wildman–Crippen MR) is 304 cm³/mol. The number of para-hydroxylation sites is 2. The minimum absolute atomic E-state index is 0.672. The minimum atomic E-state index is -0.672. The van der Waals surface area contributed by atoms with Crippen LogP contribution in [0.4, 0.5) is 11.4 Å². The summed E-state index contributed by atoms with van der Waals surface area (Å²) in [5.74, 6) is 0. The van der Waals surface area contributed by atoms with Crippen LogP contribution in [0, 0.1) is 0 Å². The molecule has 0 unspecified atom stereocenters. The van der Waals surface area contributed by atoms with E-state index in [-0.39, 0.29) is 0 Å². The van der Waals surface area contributed by atoms with Crippen molar-refractivity contribution < 1.29 is 0 Å². The molecule has 346 valence electrons. The summed E-state index contributed by atoms with van der Waals surface area (Å²) in [6, 6.07) is 89.6. The molecule has 73 heavy (non-hydrogen) atoms. The molecule has 1 aliphatic carbocycles. The van der Waals surface area contributed by atoms with Crippen LogP contribution in [0.5, 0.6) is 0 Å². The third kappa shape index (κ3) is 7.51. The number of hydrogen-bond donors (Lipinski definition) is 0. The number of benzene rings is 9. The summed E-state index contributed by atoms with van der Waals surface area (Å²) >= 11 is 0. The lowest BCUT2D eigenvalue weighted by Gasteiger charge is -2.39. The molecule has 4 nitrogen and oxygen atoms in total. The maximum atomic E-state index is 5.04. The highest BCUT2D eigenvalue weighted by Crippen LogP contribution is 2.48. The zero-order chi connectivity index (χ0) is 48.7. The van der Waals surface area contributed by atoms with Crippen molar-refractivity contribution in [3.8, 4) is 33.8 Å². The number of nitrogens with zero attached hydrogens (tertiary/aromatic N) is 4. The highest BCUT2D eigenvalue weighted by atomic mass is 15.1. The van der Waals surface area contributed by atoms with Crippen LogP contribution in [0.15, 0.2) is 297 Å². The van der Waals surface area contributed by atoms with Crippen molar-refractivity contribution in [2.45, 2.75) is 11.8 Å². The maximum absolute atomic E-state index is 5.04. The van der Waals surface area contributed by atoms with E-state index in [1.165, 1.54) is 55.0 Å². The van der Waals surface area contributed by atoms with E-state index in [4.69, 9.17) is 6.58 Å². The van der Waals surface area contributed by atoms with Crippen molar-refractivity contribution in [3.63, 3.8) is 0 Å². The Balaban J connectivity index is 0.957. The van der Waals surface area contributed by atoms with Gasteiger partial charge in [-0.3, -0.25) is 4.98 Å². The van der Waals surface area contributed by atoms with Gasteiger partial charge < -0.3 is 14.0 Å². The van der Waals surface area contributed by atoms with Crippen molar-refractivity contribution >= 4 is 44.1 Å². The van der Waals surface area contributed by atoms with Gasteiger partial charge in [0, 0.05) is 62.6 Å². The van der Waals surface area contributed by atoms with Crippen LogP contribution in [0.1, 0.15) is 22.3 Å². The Bertz CT molecular complexity index is 3980. The SMILES string of the molecule is C=C1/C=C(N(c2ccc(-c3ccc4c(c3)c3ccc5c(ccn5-c5ccccc5)c3n4-c3ccccc3)cc2)c2ccc(-c3ccccn3)cc2)\C=C/Cc2ccccc2C1(c1ccccc1)c1ccccc1. The van der Waals surface area contributed by atoms with E-state index in [2.05, 4.69) is 280 Å². The van der Waals surface area contributed by atoms with E-state index in [1.54, 1.807) is 0 Å². The third-order valence-corrected chi connectivity index (χ3v) is 14.7. The summed E-state index contributed by atoms with van der Waals surface area (Å²) in [5, 5.41) is 3.65. The van der Waals surface area contributed by atoms with Gasteiger partial charge in [-0.2, -0.15) is 0 Å². The summed E-state index contributed by atoms with van der Waals surface area (Å²) < 4.78 is 4.72. The first kappa shape index (κ1) is 43.5. The Hall–Kier alpha value is -9.51. The molecule has 0 aliphatic heterocycles. The number of pyridine rings is 1. The average Bonchev–Trinajstić information content (AvgIpc) is 4.06. The van der Waals surface area contributed by atoms with Gasteiger partial charge in [0.2, 0.25) is 0 Å². The Morgan fingerprint density at radius 3 is 1.74 bits per heavy atom. The van der Waals surface area contributed by atoms with E-state index < -0.39 is 5.41 Å². The largest absolute Gasteiger partial charge is 0.316 e. The number of rotatable bonds is 9. The summed E-state index contributed by atoms with van der Waals surface area (Å²) in [4.78, 5) is 7.04. The normalized spacial score (nSPS) is 14.5. The van der Waals surface area contributed by atoms with Crippen molar-refractivity contribution in [2.24, 2.45) is 0 Å². The van der Waals surface area contributed by atoms with Gasteiger partial charge in [-0.05, 0) is 142 Å². The van der Waals surface area contributed by atoms with Crippen LogP contribution in [0.2, 0.25) is 0 Å². The van der Waals surface area contributed by atoms with Crippen LogP contribution >= 0.6 is 0 Å². The number of allylic oxidation sites excluding steroid dienone is 4. The standard InChI is InChI=1S/C69H50N4/c1-49-47-60(29-18-20-51-19-14-15-30-64(51)69(49,54-21-6-2-7-22-54)55-23-8-3-9-24-55)72(59-39-34-52(35-40-59)65-31-16-17-45-70-65)58-37-32-50(33-38-58)53-36-42-67-63(48-53)61-41-43-66-62(44-46-71(66)56-25-10-4-11-26-56)68(61)73(67)57-27-12-5-13-28-57/h2-19,21-48H,1,20H2/b29-18-,60-47+. The molecular formula is C69H50N4. The number of hydrogen-bond acceptors (Lipinski definition) is 2. The van der Waals surface area contributed by atoms with Gasteiger partial charge in [0.25, 0.3) is 0 Å². The molecule has 13 rings (SSSR count). The first-order valence-electron chi connectivity index (χ1n) is 25.0. The molecule has 0 atom stereocenters. The quantitative estimate of drug-likeness (QED) is 0.144. The molecule has 0 radical (unpaired) electrons. The molecule has 12 aromatic rings. The molecule has 0 fully saturated rings. The van der Waals surface area contributed by atoms with E-state index in [1.807, 2.05) is 18.3 Å². The van der Waals surface area contributed by atoms with Crippen molar-refractivity contribution in [1.29, 1.82) is 0 Å². The lowest BCUT2D eigenvalue weighted by molar-refractivity contribution is 0.736. The van der Waals surface area contributed by atoms with Crippen LogP contribution < -0.4 is 4.90 Å². The first-order valence-corrected chi connectivity index (χ1v) is 25.0. The summed E-state index contributed by atoms with van der Waals surface area (Å²) in [6.07, 6.45) is 11.7. The van der Waals surface area contributed by atoms with Crippen LogP contribution in [-0.2, 0) is 11.8 Å². The Morgan fingerprint density at radius 1 is 0.479 bits per heavy atom. The number of aromatic nitrogens is 3. The zero-order valence-electron chi connectivity index (χ0n) is 40.3. The highest BCUT2D eigenvalue weighted by Gasteiger charge is 2.40. The summed E-state index contributed by atoms with van der Waals surface area (Å²) in [6.45, 7) is 5.04. The topological polar surface area (TPSA) is 26.0 Å². The molecule has 0 saturated carbocycles. The second-order valence-electron chi connectivity index (χ2n) is 18.8. The predicted octanol–water partition coefficient (Wildman–Crippen LogP) is 17.2. The Labute approximate surface area is 426 Å². The maximum Gasteiger partial charge on any atom is 0.0701 e. The van der Waals surface area contributed by atoms with Gasteiger partial charge in [0.05, 0.1) is 27.7 Å². The van der Waals surface area contributed by atoms with Gasteiger partial charge in [-0.15, -0.1) is 0 Å². The monoisotopic (exact) mass is 934 g/mol. The lowest BCUT2D eigenvalue weighted by atomic mass is 9.63. The summed E-state index contributed by atoms with van der Waals surface area (Å²) in [5.41, 5.74) is 18.3. The van der Waals surface area contributed by atoms with Crippen LogP contribution in [-0.4, -0.2) is 14.1 Å². The average molecular weight is 935 g/mol. The Morgan fingerprint density at radius 2 is 1.07 bits per heavy atom. The highest BCUT2D eigenvalue weighted by molar-refractivity contribution is 6.19. The van der Waals surface area contributed by atoms with Gasteiger partial charge in [-0.25, -0.2) is 0 Å². The van der Waals surface area contributed by atoms with E-state index in [9.17, 15) is 0 Å². The van der Waals surface area contributed by atoms with Crippen LogP contribution in [0.3, 0.4) is 0 Å². The molecule has 4 heteroatoms. The molecule has 0 saturated heterocycles. The molecular weight excluding hydrogens is 885 g/mol. The van der Waals surface area contributed by atoms with E-state index in [0.29, 0.717) is 0 Å². The number of fused-ring (bicyclic) bond motifs is 6. The van der Waals surface area contributed by atoms with Crippen LogP contribution in [0.25, 0.3) is 66.5 Å². The summed E-state index contributed by atoms with van der Waals surface area (Å²) in [7, 11) is 0. The van der Waals surface area contributed by atoms with Gasteiger partial charge >= 0.3 is 0 Å². The minimum Gasteiger partial charge on any atom is -0.316 e. The zero-order valence-corrected chi connectivity index (χ0v) is 40.3. The third-order valence-electron chi connectivity index (χ3n) is 14.7. The smallest absolute Gasteiger partial charge is 0.0701 e. The Kier molecular flexibility index (Phi) is 10.9. The molecule has 3 heterocycles. The van der Waals surface area contributed by atoms with Crippen molar-refractivity contribution in [3.05, 3.63) is 319 Å².